The second kappa shape index (κ2) is 9.82. The normalized spacial score (nSPS) is 11.3. The summed E-state index contributed by atoms with van der Waals surface area (Å²) >= 11 is 0. The Morgan fingerprint density at radius 2 is 1.56 bits per heavy atom. The molecule has 0 aliphatic rings. The number of anilines is 2. The van der Waals surface area contributed by atoms with Crippen LogP contribution < -0.4 is 14.4 Å². The van der Waals surface area contributed by atoms with Crippen molar-refractivity contribution < 1.29 is 22.3 Å². The van der Waals surface area contributed by atoms with Gasteiger partial charge in [-0.05, 0) is 72.1 Å². The number of amides is 1. The SMILES string of the molecule is COc1ccc(N(CC(=O)Nc2ccc(C(C)C)cc2)S(=O)(=O)c2ccc(F)cc2)cc1. The quantitative estimate of drug-likeness (QED) is 0.529. The van der Waals surface area contributed by atoms with Gasteiger partial charge in [-0.25, -0.2) is 12.8 Å². The average molecular weight is 457 g/mol. The summed E-state index contributed by atoms with van der Waals surface area (Å²) in [6.07, 6.45) is 0. The van der Waals surface area contributed by atoms with Gasteiger partial charge in [-0.2, -0.15) is 0 Å². The van der Waals surface area contributed by atoms with Crippen LogP contribution >= 0.6 is 0 Å². The van der Waals surface area contributed by atoms with E-state index < -0.39 is 28.3 Å². The van der Waals surface area contributed by atoms with E-state index in [9.17, 15) is 17.6 Å². The number of ether oxygens (including phenoxy) is 1. The first-order chi connectivity index (χ1) is 15.2. The summed E-state index contributed by atoms with van der Waals surface area (Å²) in [5.41, 5.74) is 1.97. The van der Waals surface area contributed by atoms with Crippen molar-refractivity contribution in [2.24, 2.45) is 0 Å². The molecule has 0 saturated carbocycles. The topological polar surface area (TPSA) is 75.7 Å². The van der Waals surface area contributed by atoms with Crippen LogP contribution in [0.2, 0.25) is 0 Å². The van der Waals surface area contributed by atoms with Crippen molar-refractivity contribution in [2.45, 2.75) is 24.7 Å². The van der Waals surface area contributed by atoms with E-state index in [1.807, 2.05) is 12.1 Å². The second-order valence-corrected chi connectivity index (χ2v) is 9.35. The first-order valence-electron chi connectivity index (χ1n) is 10.0. The number of hydrogen-bond acceptors (Lipinski definition) is 4. The van der Waals surface area contributed by atoms with E-state index in [2.05, 4.69) is 19.2 Å². The molecule has 0 saturated heterocycles. The summed E-state index contributed by atoms with van der Waals surface area (Å²) in [4.78, 5) is 12.6. The predicted molar refractivity (Wildman–Crippen MR) is 123 cm³/mol. The number of methoxy groups -OCH3 is 1. The molecule has 0 unspecified atom stereocenters. The highest BCUT2D eigenvalue weighted by atomic mass is 32.2. The first-order valence-corrected chi connectivity index (χ1v) is 11.5. The lowest BCUT2D eigenvalue weighted by molar-refractivity contribution is -0.114. The van der Waals surface area contributed by atoms with Crippen molar-refractivity contribution in [1.29, 1.82) is 0 Å². The van der Waals surface area contributed by atoms with Gasteiger partial charge in [-0.1, -0.05) is 26.0 Å². The molecule has 6 nitrogen and oxygen atoms in total. The minimum atomic E-state index is -4.13. The molecule has 3 rings (SSSR count). The van der Waals surface area contributed by atoms with Crippen LogP contribution in [0.3, 0.4) is 0 Å². The van der Waals surface area contributed by atoms with E-state index in [0.717, 1.165) is 22.0 Å². The number of nitrogens with one attached hydrogen (secondary N) is 1. The minimum Gasteiger partial charge on any atom is -0.497 e. The Labute approximate surface area is 187 Å². The van der Waals surface area contributed by atoms with Crippen LogP contribution in [0.4, 0.5) is 15.8 Å². The number of nitrogens with zero attached hydrogens (tertiary/aromatic N) is 1. The second-order valence-electron chi connectivity index (χ2n) is 7.49. The largest absolute Gasteiger partial charge is 0.497 e. The summed E-state index contributed by atoms with van der Waals surface area (Å²) in [5.74, 6) is -0.167. The molecule has 0 radical (unpaired) electrons. The van der Waals surface area contributed by atoms with Crippen LogP contribution in [0.15, 0.2) is 77.7 Å². The Morgan fingerprint density at radius 1 is 0.969 bits per heavy atom. The summed E-state index contributed by atoms with van der Waals surface area (Å²) in [7, 11) is -2.63. The van der Waals surface area contributed by atoms with Crippen LogP contribution in [-0.4, -0.2) is 28.0 Å². The minimum absolute atomic E-state index is 0.121. The van der Waals surface area contributed by atoms with Crippen molar-refractivity contribution >= 4 is 27.3 Å². The van der Waals surface area contributed by atoms with Crippen molar-refractivity contribution in [3.8, 4) is 5.75 Å². The van der Waals surface area contributed by atoms with Gasteiger partial charge in [0.05, 0.1) is 17.7 Å². The Morgan fingerprint density at radius 3 is 2.09 bits per heavy atom. The van der Waals surface area contributed by atoms with Gasteiger partial charge in [0.2, 0.25) is 5.91 Å². The maximum atomic E-state index is 13.3. The average Bonchev–Trinajstić information content (AvgIpc) is 2.78. The van der Waals surface area contributed by atoms with Crippen LogP contribution in [0.5, 0.6) is 5.75 Å². The molecular formula is C24H25FN2O4S. The third-order valence-corrected chi connectivity index (χ3v) is 6.70. The Bertz CT molecular complexity index is 1160. The molecule has 0 spiro atoms. The monoisotopic (exact) mass is 456 g/mol. The van der Waals surface area contributed by atoms with Gasteiger partial charge < -0.3 is 10.1 Å². The molecule has 3 aromatic carbocycles. The van der Waals surface area contributed by atoms with E-state index in [0.29, 0.717) is 17.4 Å². The zero-order valence-corrected chi connectivity index (χ0v) is 18.9. The van der Waals surface area contributed by atoms with E-state index in [1.165, 1.54) is 19.2 Å². The Kier molecular flexibility index (Phi) is 7.15. The molecule has 0 aromatic heterocycles. The van der Waals surface area contributed by atoms with E-state index in [1.54, 1.807) is 36.4 Å². The molecule has 0 atom stereocenters. The highest BCUT2D eigenvalue weighted by molar-refractivity contribution is 7.92. The standard InChI is InChI=1S/C24H25FN2O4S/c1-17(2)18-4-8-20(9-5-18)26-24(28)16-27(21-10-12-22(31-3)13-11-21)32(29,30)23-14-6-19(25)7-15-23/h4-15,17H,16H2,1-3H3,(H,26,28). The number of carbonyl (C=O) groups is 1. The molecule has 0 bridgehead atoms. The van der Waals surface area contributed by atoms with Crippen molar-refractivity contribution in [1.82, 2.24) is 0 Å². The molecule has 1 amide bonds. The molecule has 32 heavy (non-hydrogen) atoms. The lowest BCUT2D eigenvalue weighted by atomic mass is 10.0. The van der Waals surface area contributed by atoms with Crippen molar-refractivity contribution in [2.75, 3.05) is 23.3 Å². The zero-order valence-electron chi connectivity index (χ0n) is 18.1. The number of benzene rings is 3. The van der Waals surface area contributed by atoms with E-state index in [4.69, 9.17) is 4.74 Å². The van der Waals surface area contributed by atoms with Crippen LogP contribution in [0, 0.1) is 5.82 Å². The fraction of sp³-hybridized carbons (Fsp3) is 0.208. The molecule has 0 fully saturated rings. The van der Waals surface area contributed by atoms with E-state index >= 15 is 0 Å². The fourth-order valence-electron chi connectivity index (χ4n) is 3.08. The highest BCUT2D eigenvalue weighted by Crippen LogP contribution is 2.26. The van der Waals surface area contributed by atoms with Gasteiger partial charge in [0.25, 0.3) is 10.0 Å². The van der Waals surface area contributed by atoms with E-state index in [-0.39, 0.29) is 10.6 Å². The molecule has 0 aliphatic heterocycles. The smallest absolute Gasteiger partial charge is 0.264 e. The highest BCUT2D eigenvalue weighted by Gasteiger charge is 2.27. The van der Waals surface area contributed by atoms with Crippen LogP contribution in [0.25, 0.3) is 0 Å². The maximum absolute atomic E-state index is 13.3. The number of hydrogen-bond donors (Lipinski definition) is 1. The number of rotatable bonds is 8. The number of halogens is 1. The fourth-order valence-corrected chi connectivity index (χ4v) is 4.50. The van der Waals surface area contributed by atoms with Crippen molar-refractivity contribution in [3.05, 3.63) is 84.2 Å². The van der Waals surface area contributed by atoms with Gasteiger partial charge in [0, 0.05) is 5.69 Å². The Hall–Kier alpha value is -3.39. The molecule has 0 aliphatic carbocycles. The number of carbonyl (C=O) groups excluding carboxylic acids is 1. The van der Waals surface area contributed by atoms with Crippen LogP contribution in [0.1, 0.15) is 25.3 Å². The zero-order chi connectivity index (χ0) is 23.3. The van der Waals surface area contributed by atoms with Crippen molar-refractivity contribution in [3.63, 3.8) is 0 Å². The predicted octanol–water partition coefficient (Wildman–Crippen LogP) is 4.79. The molecular weight excluding hydrogens is 431 g/mol. The third kappa shape index (κ3) is 5.45. The molecule has 168 valence electrons. The molecule has 8 heteroatoms. The molecule has 3 aromatic rings. The lowest BCUT2D eigenvalue weighted by Gasteiger charge is -2.24. The van der Waals surface area contributed by atoms with Gasteiger partial charge in [-0.3, -0.25) is 9.10 Å². The summed E-state index contributed by atoms with van der Waals surface area (Å²) in [5, 5.41) is 2.73. The maximum Gasteiger partial charge on any atom is 0.264 e. The Balaban J connectivity index is 1.89. The lowest BCUT2D eigenvalue weighted by Crippen LogP contribution is -2.38. The third-order valence-electron chi connectivity index (χ3n) is 4.91. The van der Waals surface area contributed by atoms with Crippen LogP contribution in [-0.2, 0) is 14.8 Å². The molecule has 1 N–H and O–H groups in total. The summed E-state index contributed by atoms with van der Waals surface area (Å²) in [6, 6.07) is 18.1. The van der Waals surface area contributed by atoms with Gasteiger partial charge in [0.15, 0.2) is 0 Å². The first kappa shape index (κ1) is 23.3. The van der Waals surface area contributed by atoms with Gasteiger partial charge >= 0.3 is 0 Å². The summed E-state index contributed by atoms with van der Waals surface area (Å²) < 4.78 is 46.0. The number of sulfonamides is 1. The molecule has 0 heterocycles. The van der Waals surface area contributed by atoms with Gasteiger partial charge in [-0.15, -0.1) is 0 Å². The van der Waals surface area contributed by atoms with Gasteiger partial charge in [0.1, 0.15) is 18.1 Å². The summed E-state index contributed by atoms with van der Waals surface area (Å²) in [6.45, 7) is 3.68.